The van der Waals surface area contributed by atoms with Crippen LogP contribution in [0.25, 0.3) is 10.6 Å². The number of aromatic nitrogens is 1. The third kappa shape index (κ3) is 4.19. The number of nitrogens with zero attached hydrogens (tertiary/aromatic N) is 1. The van der Waals surface area contributed by atoms with E-state index in [0.717, 1.165) is 47.3 Å². The molecule has 0 atom stereocenters. The Bertz CT molecular complexity index is 569. The summed E-state index contributed by atoms with van der Waals surface area (Å²) < 4.78 is 10.9. The molecule has 21 heavy (non-hydrogen) atoms. The summed E-state index contributed by atoms with van der Waals surface area (Å²) in [7, 11) is 1.66. The maximum atomic E-state index is 5.54. The molecule has 4 nitrogen and oxygen atoms in total. The van der Waals surface area contributed by atoms with E-state index in [-0.39, 0.29) is 0 Å². The highest BCUT2D eigenvalue weighted by Gasteiger charge is 2.09. The first-order chi connectivity index (χ1) is 10.3. The van der Waals surface area contributed by atoms with Crippen molar-refractivity contribution in [2.75, 3.05) is 20.3 Å². The second-order valence-corrected chi connectivity index (χ2v) is 5.48. The number of thiazole rings is 1. The zero-order valence-electron chi connectivity index (χ0n) is 12.8. The molecule has 0 saturated carbocycles. The molecule has 0 amide bonds. The maximum Gasteiger partial charge on any atom is 0.161 e. The number of benzene rings is 1. The van der Waals surface area contributed by atoms with Gasteiger partial charge in [-0.25, -0.2) is 4.98 Å². The van der Waals surface area contributed by atoms with Gasteiger partial charge in [-0.1, -0.05) is 6.92 Å². The van der Waals surface area contributed by atoms with Gasteiger partial charge in [-0.2, -0.15) is 0 Å². The van der Waals surface area contributed by atoms with E-state index in [0.29, 0.717) is 6.61 Å². The van der Waals surface area contributed by atoms with Crippen LogP contribution in [0.5, 0.6) is 11.5 Å². The Morgan fingerprint density at radius 3 is 2.81 bits per heavy atom. The van der Waals surface area contributed by atoms with Crippen LogP contribution in [-0.2, 0) is 6.54 Å². The SMILES string of the molecule is CCCNCc1csc(-c2ccc(OCC)c(OC)c2)n1. The van der Waals surface area contributed by atoms with E-state index in [1.165, 1.54) is 0 Å². The third-order valence-electron chi connectivity index (χ3n) is 3.00. The van der Waals surface area contributed by atoms with Crippen molar-refractivity contribution in [1.29, 1.82) is 0 Å². The second-order valence-electron chi connectivity index (χ2n) is 4.62. The van der Waals surface area contributed by atoms with Crippen LogP contribution in [0.4, 0.5) is 0 Å². The molecule has 2 aromatic rings. The first-order valence-electron chi connectivity index (χ1n) is 7.24. The highest BCUT2D eigenvalue weighted by Crippen LogP contribution is 2.33. The fraction of sp³-hybridized carbons (Fsp3) is 0.438. The van der Waals surface area contributed by atoms with Gasteiger partial charge in [0, 0.05) is 17.5 Å². The summed E-state index contributed by atoms with van der Waals surface area (Å²) >= 11 is 1.65. The number of ether oxygens (including phenoxy) is 2. The smallest absolute Gasteiger partial charge is 0.161 e. The third-order valence-corrected chi connectivity index (χ3v) is 3.94. The van der Waals surface area contributed by atoms with Gasteiger partial charge in [-0.15, -0.1) is 11.3 Å². The lowest BCUT2D eigenvalue weighted by Crippen LogP contribution is -2.13. The normalized spacial score (nSPS) is 10.6. The minimum atomic E-state index is 0.625. The van der Waals surface area contributed by atoms with Crippen LogP contribution >= 0.6 is 11.3 Å². The monoisotopic (exact) mass is 306 g/mol. The lowest BCUT2D eigenvalue weighted by Gasteiger charge is -2.09. The highest BCUT2D eigenvalue weighted by atomic mass is 32.1. The van der Waals surface area contributed by atoms with Crippen molar-refractivity contribution >= 4 is 11.3 Å². The van der Waals surface area contributed by atoms with Crippen molar-refractivity contribution in [3.63, 3.8) is 0 Å². The zero-order valence-corrected chi connectivity index (χ0v) is 13.6. The molecular weight excluding hydrogens is 284 g/mol. The van der Waals surface area contributed by atoms with Crippen molar-refractivity contribution in [2.45, 2.75) is 26.8 Å². The lowest BCUT2D eigenvalue weighted by atomic mass is 10.2. The van der Waals surface area contributed by atoms with Gasteiger partial charge in [0.15, 0.2) is 11.5 Å². The quantitative estimate of drug-likeness (QED) is 0.755. The molecule has 0 aliphatic carbocycles. The van der Waals surface area contributed by atoms with Crippen LogP contribution in [0, 0.1) is 0 Å². The number of hydrogen-bond donors (Lipinski definition) is 1. The molecule has 0 aliphatic rings. The molecule has 5 heteroatoms. The Labute approximate surface area is 130 Å². The molecule has 0 spiro atoms. The first kappa shape index (κ1) is 15.8. The molecule has 0 fully saturated rings. The van der Waals surface area contributed by atoms with Gasteiger partial charge in [0.25, 0.3) is 0 Å². The molecule has 0 bridgehead atoms. The molecule has 0 radical (unpaired) electrons. The van der Waals surface area contributed by atoms with E-state index in [2.05, 4.69) is 22.6 Å². The Morgan fingerprint density at radius 2 is 2.10 bits per heavy atom. The average Bonchev–Trinajstić information content (AvgIpc) is 2.97. The highest BCUT2D eigenvalue weighted by molar-refractivity contribution is 7.13. The summed E-state index contributed by atoms with van der Waals surface area (Å²) in [5.74, 6) is 1.51. The van der Waals surface area contributed by atoms with Crippen molar-refractivity contribution in [3.05, 3.63) is 29.3 Å². The Morgan fingerprint density at radius 1 is 1.24 bits per heavy atom. The Balaban J connectivity index is 2.14. The predicted octanol–water partition coefficient (Wildman–Crippen LogP) is 3.72. The molecule has 2 rings (SSSR count). The second kappa shape index (κ2) is 8.00. The summed E-state index contributed by atoms with van der Waals surface area (Å²) in [5, 5.41) is 6.47. The molecule has 1 aromatic carbocycles. The fourth-order valence-electron chi connectivity index (χ4n) is 1.99. The van der Waals surface area contributed by atoms with Crippen molar-refractivity contribution in [2.24, 2.45) is 0 Å². The lowest BCUT2D eigenvalue weighted by molar-refractivity contribution is 0.311. The van der Waals surface area contributed by atoms with E-state index >= 15 is 0 Å². The molecule has 1 N–H and O–H groups in total. The van der Waals surface area contributed by atoms with Crippen LogP contribution in [0.15, 0.2) is 23.6 Å². The largest absolute Gasteiger partial charge is 0.493 e. The molecule has 0 unspecified atom stereocenters. The standard InChI is InChI=1S/C16H22N2O2S/c1-4-8-17-10-13-11-21-16(18-13)12-6-7-14(20-5-2)15(9-12)19-3/h6-7,9,11,17H,4-5,8,10H2,1-3H3. The summed E-state index contributed by atoms with van der Waals surface area (Å²) in [4.78, 5) is 4.66. The molecule has 1 aromatic heterocycles. The van der Waals surface area contributed by atoms with Gasteiger partial charge in [-0.05, 0) is 38.1 Å². The molecule has 0 saturated heterocycles. The van der Waals surface area contributed by atoms with Crippen LogP contribution in [-0.4, -0.2) is 25.2 Å². The van der Waals surface area contributed by atoms with Gasteiger partial charge in [0.05, 0.1) is 19.4 Å². The Kier molecular flexibility index (Phi) is 6.02. The van der Waals surface area contributed by atoms with Gasteiger partial charge >= 0.3 is 0 Å². The Hall–Kier alpha value is -1.59. The van der Waals surface area contributed by atoms with Crippen LogP contribution in [0.2, 0.25) is 0 Å². The molecule has 1 heterocycles. The number of hydrogen-bond acceptors (Lipinski definition) is 5. The van der Waals surface area contributed by atoms with E-state index < -0.39 is 0 Å². The molecule has 0 aliphatic heterocycles. The summed E-state index contributed by atoms with van der Waals surface area (Å²) in [6.07, 6.45) is 1.13. The van der Waals surface area contributed by atoms with Gasteiger partial charge < -0.3 is 14.8 Å². The number of nitrogens with one attached hydrogen (secondary N) is 1. The van der Waals surface area contributed by atoms with Crippen molar-refractivity contribution in [1.82, 2.24) is 10.3 Å². The summed E-state index contributed by atoms with van der Waals surface area (Å²) in [6.45, 7) is 6.58. The predicted molar refractivity (Wildman–Crippen MR) is 87.3 cm³/mol. The van der Waals surface area contributed by atoms with Crippen LogP contribution < -0.4 is 14.8 Å². The van der Waals surface area contributed by atoms with Crippen molar-refractivity contribution < 1.29 is 9.47 Å². The fourth-order valence-corrected chi connectivity index (χ4v) is 2.81. The van der Waals surface area contributed by atoms with Gasteiger partial charge in [-0.3, -0.25) is 0 Å². The topological polar surface area (TPSA) is 43.4 Å². The number of methoxy groups -OCH3 is 1. The minimum Gasteiger partial charge on any atom is -0.493 e. The van der Waals surface area contributed by atoms with Gasteiger partial charge in [0.2, 0.25) is 0 Å². The average molecular weight is 306 g/mol. The van der Waals surface area contributed by atoms with Gasteiger partial charge in [0.1, 0.15) is 5.01 Å². The number of rotatable bonds is 8. The van der Waals surface area contributed by atoms with E-state index in [1.54, 1.807) is 18.4 Å². The van der Waals surface area contributed by atoms with E-state index in [1.807, 2.05) is 25.1 Å². The molecular formula is C16H22N2O2S. The minimum absolute atomic E-state index is 0.625. The van der Waals surface area contributed by atoms with Crippen LogP contribution in [0.1, 0.15) is 26.0 Å². The van der Waals surface area contributed by atoms with E-state index in [9.17, 15) is 0 Å². The first-order valence-corrected chi connectivity index (χ1v) is 8.12. The zero-order chi connectivity index (χ0) is 15.1. The summed E-state index contributed by atoms with van der Waals surface area (Å²) in [6, 6.07) is 5.94. The van der Waals surface area contributed by atoms with Crippen molar-refractivity contribution in [3.8, 4) is 22.1 Å². The molecule has 114 valence electrons. The maximum absolute atomic E-state index is 5.54. The van der Waals surface area contributed by atoms with E-state index in [4.69, 9.17) is 9.47 Å². The van der Waals surface area contributed by atoms with Crippen LogP contribution in [0.3, 0.4) is 0 Å². The summed E-state index contributed by atoms with van der Waals surface area (Å²) in [5.41, 5.74) is 2.14.